The van der Waals surface area contributed by atoms with E-state index in [1.54, 1.807) is 12.1 Å². The third-order valence-corrected chi connectivity index (χ3v) is 2.56. The average molecular weight is 219 g/mol. The Hall–Kier alpha value is -1.64. The van der Waals surface area contributed by atoms with Crippen LogP contribution in [-0.2, 0) is 4.79 Å². The van der Waals surface area contributed by atoms with Crippen LogP contribution < -0.4 is 0 Å². The lowest BCUT2D eigenvalue weighted by molar-refractivity contribution is -0.126. The molecule has 0 radical (unpaired) electrons. The summed E-state index contributed by atoms with van der Waals surface area (Å²) in [6, 6.07) is 7.06. The molecule has 1 amide bonds. The minimum atomic E-state index is -0.427. The number of Topliss-reactive ketones (excluding diaryl/α,β-unsaturated/α-hetero) is 1. The van der Waals surface area contributed by atoms with Gasteiger partial charge in [0.2, 0.25) is 5.78 Å². The molecule has 0 heterocycles. The Labute approximate surface area is 96.1 Å². The maximum Gasteiger partial charge on any atom is 0.294 e. The molecule has 0 atom stereocenters. The summed E-state index contributed by atoms with van der Waals surface area (Å²) in [7, 11) is 0. The molecule has 0 N–H and O–H groups in total. The first-order chi connectivity index (χ1) is 7.60. The largest absolute Gasteiger partial charge is 0.336 e. The average Bonchev–Trinajstić information content (AvgIpc) is 2.30. The Balaban J connectivity index is 2.85. The maximum absolute atomic E-state index is 11.8. The molecule has 1 aromatic carbocycles. The number of ketones is 1. The van der Waals surface area contributed by atoms with E-state index < -0.39 is 11.7 Å². The number of nitrogens with zero attached hydrogens (tertiary/aromatic N) is 1. The third kappa shape index (κ3) is 2.69. The van der Waals surface area contributed by atoms with Crippen molar-refractivity contribution in [3.63, 3.8) is 0 Å². The Bertz CT molecular complexity index is 377. The summed E-state index contributed by atoms with van der Waals surface area (Å²) in [6.45, 7) is 6.80. The fraction of sp³-hybridized carbons (Fsp3) is 0.385. The van der Waals surface area contributed by atoms with Crippen molar-refractivity contribution in [1.29, 1.82) is 0 Å². The first-order valence-electron chi connectivity index (χ1n) is 5.50. The number of hydrogen-bond donors (Lipinski definition) is 0. The topological polar surface area (TPSA) is 37.4 Å². The highest BCUT2D eigenvalue weighted by atomic mass is 16.2. The quantitative estimate of drug-likeness (QED) is 0.574. The highest BCUT2D eigenvalue weighted by Gasteiger charge is 2.20. The van der Waals surface area contributed by atoms with Gasteiger partial charge in [0.25, 0.3) is 5.91 Å². The summed E-state index contributed by atoms with van der Waals surface area (Å²) in [5.74, 6) is -0.849. The SMILES string of the molecule is CCN(CC)C(=O)C(=O)c1ccc(C)cc1. The van der Waals surface area contributed by atoms with E-state index in [9.17, 15) is 9.59 Å². The van der Waals surface area contributed by atoms with E-state index in [4.69, 9.17) is 0 Å². The summed E-state index contributed by atoms with van der Waals surface area (Å²) in [5.41, 5.74) is 1.54. The minimum Gasteiger partial charge on any atom is -0.336 e. The molecule has 1 aromatic rings. The van der Waals surface area contributed by atoms with Crippen LogP contribution in [0.4, 0.5) is 0 Å². The first kappa shape index (κ1) is 12.4. The highest BCUT2D eigenvalue weighted by Crippen LogP contribution is 2.06. The molecule has 0 aliphatic heterocycles. The van der Waals surface area contributed by atoms with E-state index >= 15 is 0 Å². The molecule has 0 fully saturated rings. The molecule has 0 aromatic heterocycles. The molecule has 0 saturated carbocycles. The number of rotatable bonds is 4. The van der Waals surface area contributed by atoms with Gasteiger partial charge in [0.1, 0.15) is 0 Å². The second-order valence-electron chi connectivity index (χ2n) is 3.67. The van der Waals surface area contributed by atoms with Crippen molar-refractivity contribution in [3.8, 4) is 0 Å². The van der Waals surface area contributed by atoms with Crippen molar-refractivity contribution in [2.24, 2.45) is 0 Å². The molecule has 3 nitrogen and oxygen atoms in total. The Morgan fingerprint density at radius 2 is 1.56 bits per heavy atom. The van der Waals surface area contributed by atoms with Crippen molar-refractivity contribution in [2.75, 3.05) is 13.1 Å². The predicted octanol–water partition coefficient (Wildman–Crippen LogP) is 2.05. The number of amides is 1. The number of likely N-dealkylation sites (N-methyl/N-ethyl adjacent to an activating group) is 1. The van der Waals surface area contributed by atoms with Crippen molar-refractivity contribution in [3.05, 3.63) is 35.4 Å². The van der Waals surface area contributed by atoms with Gasteiger partial charge >= 0.3 is 0 Å². The fourth-order valence-electron chi connectivity index (χ4n) is 1.48. The van der Waals surface area contributed by atoms with Crippen LogP contribution in [0.25, 0.3) is 0 Å². The van der Waals surface area contributed by atoms with Gasteiger partial charge in [-0.1, -0.05) is 29.8 Å². The third-order valence-electron chi connectivity index (χ3n) is 2.56. The van der Waals surface area contributed by atoms with Crippen molar-refractivity contribution in [1.82, 2.24) is 4.90 Å². The number of benzene rings is 1. The van der Waals surface area contributed by atoms with E-state index in [0.29, 0.717) is 18.7 Å². The smallest absolute Gasteiger partial charge is 0.294 e. The fourth-order valence-corrected chi connectivity index (χ4v) is 1.48. The van der Waals surface area contributed by atoms with E-state index in [2.05, 4.69) is 0 Å². The molecule has 0 saturated heterocycles. The van der Waals surface area contributed by atoms with Crippen molar-refractivity contribution < 1.29 is 9.59 Å². The summed E-state index contributed by atoms with van der Waals surface area (Å²) in [4.78, 5) is 25.1. The van der Waals surface area contributed by atoms with Crippen LogP contribution in [0.1, 0.15) is 29.8 Å². The standard InChI is InChI=1S/C13H17NO2/c1-4-14(5-2)13(16)12(15)11-8-6-10(3)7-9-11/h6-9H,4-5H2,1-3H3. The lowest BCUT2D eigenvalue weighted by Crippen LogP contribution is -2.36. The van der Waals surface area contributed by atoms with Crippen LogP contribution in [0.5, 0.6) is 0 Å². The van der Waals surface area contributed by atoms with Gasteiger partial charge < -0.3 is 4.90 Å². The van der Waals surface area contributed by atoms with Crippen molar-refractivity contribution >= 4 is 11.7 Å². The zero-order valence-corrected chi connectivity index (χ0v) is 9.99. The van der Waals surface area contributed by atoms with Gasteiger partial charge in [-0.2, -0.15) is 0 Å². The van der Waals surface area contributed by atoms with Gasteiger partial charge in [-0.25, -0.2) is 0 Å². The summed E-state index contributed by atoms with van der Waals surface area (Å²) in [6.07, 6.45) is 0. The van der Waals surface area contributed by atoms with E-state index in [1.165, 1.54) is 4.90 Å². The maximum atomic E-state index is 11.8. The van der Waals surface area contributed by atoms with E-state index in [1.807, 2.05) is 32.9 Å². The molecule has 0 aliphatic rings. The van der Waals surface area contributed by atoms with Gasteiger partial charge in [0.05, 0.1) is 0 Å². The molecule has 3 heteroatoms. The van der Waals surface area contributed by atoms with Crippen molar-refractivity contribution in [2.45, 2.75) is 20.8 Å². The van der Waals surface area contributed by atoms with Crippen LogP contribution in [0.3, 0.4) is 0 Å². The predicted molar refractivity (Wildman–Crippen MR) is 63.4 cm³/mol. The molecule has 0 unspecified atom stereocenters. The molecular weight excluding hydrogens is 202 g/mol. The molecule has 0 aliphatic carbocycles. The Morgan fingerprint density at radius 1 is 1.06 bits per heavy atom. The molecule has 0 spiro atoms. The summed E-state index contributed by atoms with van der Waals surface area (Å²) >= 11 is 0. The summed E-state index contributed by atoms with van der Waals surface area (Å²) < 4.78 is 0. The van der Waals surface area contributed by atoms with Crippen LogP contribution in [-0.4, -0.2) is 29.7 Å². The number of aryl methyl sites for hydroxylation is 1. The second-order valence-corrected chi connectivity index (χ2v) is 3.67. The molecule has 86 valence electrons. The monoisotopic (exact) mass is 219 g/mol. The molecule has 0 bridgehead atoms. The van der Waals surface area contributed by atoms with Crippen LogP contribution >= 0.6 is 0 Å². The van der Waals surface area contributed by atoms with Gasteiger partial charge in [-0.3, -0.25) is 9.59 Å². The molecule has 1 rings (SSSR count). The number of carbonyl (C=O) groups excluding carboxylic acids is 2. The first-order valence-corrected chi connectivity index (χ1v) is 5.50. The number of hydrogen-bond acceptors (Lipinski definition) is 2. The lowest BCUT2D eigenvalue weighted by atomic mass is 10.1. The van der Waals surface area contributed by atoms with E-state index in [0.717, 1.165) is 5.56 Å². The van der Waals surface area contributed by atoms with Gasteiger partial charge in [-0.15, -0.1) is 0 Å². The summed E-state index contributed by atoms with van der Waals surface area (Å²) in [5, 5.41) is 0. The zero-order valence-electron chi connectivity index (χ0n) is 9.99. The Kier molecular flexibility index (Phi) is 4.23. The van der Waals surface area contributed by atoms with Gasteiger partial charge in [0.15, 0.2) is 0 Å². The van der Waals surface area contributed by atoms with Crippen LogP contribution in [0.15, 0.2) is 24.3 Å². The second kappa shape index (κ2) is 5.45. The van der Waals surface area contributed by atoms with E-state index in [-0.39, 0.29) is 0 Å². The lowest BCUT2D eigenvalue weighted by Gasteiger charge is -2.17. The van der Waals surface area contributed by atoms with Gasteiger partial charge in [-0.05, 0) is 20.8 Å². The van der Waals surface area contributed by atoms with Gasteiger partial charge in [0, 0.05) is 18.7 Å². The Morgan fingerprint density at radius 3 is 2.00 bits per heavy atom. The highest BCUT2D eigenvalue weighted by molar-refractivity contribution is 6.42. The zero-order chi connectivity index (χ0) is 12.1. The number of carbonyl (C=O) groups is 2. The van der Waals surface area contributed by atoms with Crippen LogP contribution in [0.2, 0.25) is 0 Å². The molecular formula is C13H17NO2. The minimum absolute atomic E-state index is 0.422. The normalized spacial score (nSPS) is 9.94. The molecule has 16 heavy (non-hydrogen) atoms. The van der Waals surface area contributed by atoms with Crippen LogP contribution in [0, 0.1) is 6.92 Å².